The highest BCUT2D eigenvalue weighted by Crippen LogP contribution is 2.22. The van der Waals surface area contributed by atoms with E-state index in [0.29, 0.717) is 16.4 Å². The molecule has 7 heteroatoms. The minimum atomic E-state index is -0.225. The summed E-state index contributed by atoms with van der Waals surface area (Å²) in [6.45, 7) is 4.04. The summed E-state index contributed by atoms with van der Waals surface area (Å²) in [6, 6.07) is 4.96. The lowest BCUT2D eigenvalue weighted by Crippen LogP contribution is -2.41. The maximum absolute atomic E-state index is 11.9. The van der Waals surface area contributed by atoms with Gasteiger partial charge in [0.25, 0.3) is 0 Å². The predicted molar refractivity (Wildman–Crippen MR) is 85.3 cm³/mol. The molecule has 0 aliphatic rings. The molecule has 0 aliphatic heterocycles. The molecule has 0 bridgehead atoms. The van der Waals surface area contributed by atoms with Gasteiger partial charge >= 0.3 is 0 Å². The number of nitrogens with one attached hydrogen (secondary N) is 2. The van der Waals surface area contributed by atoms with Crippen molar-refractivity contribution in [3.8, 4) is 0 Å². The third kappa shape index (κ3) is 6.46. The summed E-state index contributed by atoms with van der Waals surface area (Å²) < 4.78 is 0. The van der Waals surface area contributed by atoms with Crippen LogP contribution in [-0.4, -0.2) is 42.9 Å². The maximum atomic E-state index is 11.9. The van der Waals surface area contributed by atoms with Crippen molar-refractivity contribution in [2.24, 2.45) is 0 Å². The zero-order chi connectivity index (χ0) is 16.0. The van der Waals surface area contributed by atoms with Gasteiger partial charge in [0.15, 0.2) is 0 Å². The van der Waals surface area contributed by atoms with Gasteiger partial charge in [-0.3, -0.25) is 14.5 Å². The Kier molecular flexibility index (Phi) is 6.45. The second-order valence-corrected chi connectivity index (χ2v) is 5.59. The van der Waals surface area contributed by atoms with Gasteiger partial charge in [0.2, 0.25) is 11.8 Å². The van der Waals surface area contributed by atoms with Gasteiger partial charge < -0.3 is 16.4 Å². The molecule has 0 atom stereocenters. The van der Waals surface area contributed by atoms with Gasteiger partial charge in [-0.15, -0.1) is 0 Å². The number of hydrogen-bond donors (Lipinski definition) is 3. The Balaban J connectivity index is 2.45. The lowest BCUT2D eigenvalue weighted by atomic mass is 10.3. The molecule has 4 N–H and O–H groups in total. The Hall–Kier alpha value is -1.79. The zero-order valence-corrected chi connectivity index (χ0v) is 13.2. The summed E-state index contributed by atoms with van der Waals surface area (Å²) in [6.07, 6.45) is 0. The van der Waals surface area contributed by atoms with E-state index in [1.807, 2.05) is 13.8 Å². The largest absolute Gasteiger partial charge is 0.397 e. The average molecular weight is 313 g/mol. The van der Waals surface area contributed by atoms with E-state index in [9.17, 15) is 9.59 Å². The van der Waals surface area contributed by atoms with Crippen LogP contribution < -0.4 is 16.4 Å². The molecule has 0 spiro atoms. The van der Waals surface area contributed by atoms with Crippen LogP contribution in [0.5, 0.6) is 0 Å². The molecular weight excluding hydrogens is 292 g/mol. The molecule has 1 aromatic rings. The molecule has 6 nitrogen and oxygen atoms in total. The van der Waals surface area contributed by atoms with Gasteiger partial charge in [-0.05, 0) is 39.1 Å². The van der Waals surface area contributed by atoms with Crippen LogP contribution in [0.15, 0.2) is 18.2 Å². The summed E-state index contributed by atoms with van der Waals surface area (Å²) >= 11 is 5.81. The van der Waals surface area contributed by atoms with Gasteiger partial charge in [0.1, 0.15) is 0 Å². The summed E-state index contributed by atoms with van der Waals surface area (Å²) in [7, 11) is 1.70. The van der Waals surface area contributed by atoms with Crippen LogP contribution in [-0.2, 0) is 9.59 Å². The van der Waals surface area contributed by atoms with Crippen molar-refractivity contribution < 1.29 is 9.59 Å². The van der Waals surface area contributed by atoms with Crippen molar-refractivity contribution in [1.82, 2.24) is 10.2 Å². The zero-order valence-electron chi connectivity index (χ0n) is 12.4. The van der Waals surface area contributed by atoms with Crippen LogP contribution in [0.3, 0.4) is 0 Å². The van der Waals surface area contributed by atoms with Crippen molar-refractivity contribution in [2.75, 3.05) is 31.2 Å². The smallest absolute Gasteiger partial charge is 0.238 e. The second kappa shape index (κ2) is 7.85. The summed E-state index contributed by atoms with van der Waals surface area (Å²) in [4.78, 5) is 25.1. The van der Waals surface area contributed by atoms with Gasteiger partial charge in [-0.1, -0.05) is 11.6 Å². The molecule has 0 saturated carbocycles. The number of nitrogens with two attached hydrogens (primary N) is 1. The van der Waals surface area contributed by atoms with Gasteiger partial charge in [0.05, 0.1) is 23.8 Å². The van der Waals surface area contributed by atoms with E-state index in [1.165, 1.54) is 0 Å². The van der Waals surface area contributed by atoms with Crippen molar-refractivity contribution in [2.45, 2.75) is 19.9 Å². The highest BCUT2D eigenvalue weighted by molar-refractivity contribution is 6.33. The minimum absolute atomic E-state index is 0.0803. The molecule has 0 unspecified atom stereocenters. The Bertz CT molecular complexity index is 520. The summed E-state index contributed by atoms with van der Waals surface area (Å²) in [5, 5.41) is 5.91. The van der Waals surface area contributed by atoms with Crippen LogP contribution >= 0.6 is 11.6 Å². The lowest BCUT2D eigenvalue weighted by Gasteiger charge is -2.17. The van der Waals surface area contributed by atoms with E-state index in [4.69, 9.17) is 17.3 Å². The first-order valence-corrected chi connectivity index (χ1v) is 6.98. The van der Waals surface area contributed by atoms with Crippen LogP contribution in [0, 0.1) is 0 Å². The van der Waals surface area contributed by atoms with Crippen molar-refractivity contribution in [1.29, 1.82) is 0 Å². The Morgan fingerprint density at radius 3 is 2.48 bits per heavy atom. The first kappa shape index (κ1) is 17.3. The highest BCUT2D eigenvalue weighted by Gasteiger charge is 2.11. The number of likely N-dealkylation sites (N-methyl/N-ethyl adjacent to an activating group) is 1. The number of hydrogen-bond acceptors (Lipinski definition) is 4. The number of carbonyl (C=O) groups is 2. The number of amides is 2. The van der Waals surface area contributed by atoms with Crippen molar-refractivity contribution >= 4 is 34.8 Å². The first-order chi connectivity index (χ1) is 9.77. The van der Waals surface area contributed by atoms with Crippen LogP contribution in [0.25, 0.3) is 0 Å². The van der Waals surface area contributed by atoms with Crippen LogP contribution in [0.1, 0.15) is 13.8 Å². The number of halogens is 1. The molecule has 116 valence electrons. The van der Waals surface area contributed by atoms with Gasteiger partial charge in [-0.25, -0.2) is 0 Å². The molecule has 1 aromatic carbocycles. The number of rotatable bonds is 6. The van der Waals surface area contributed by atoms with E-state index < -0.39 is 0 Å². The molecule has 0 aromatic heterocycles. The molecule has 1 rings (SSSR count). The monoisotopic (exact) mass is 312 g/mol. The molecular formula is C14H21ClN4O2. The van der Waals surface area contributed by atoms with Crippen LogP contribution in [0.2, 0.25) is 5.02 Å². The number of nitrogens with zero attached hydrogens (tertiary/aromatic N) is 1. The average Bonchev–Trinajstić information content (AvgIpc) is 2.32. The Morgan fingerprint density at radius 1 is 1.29 bits per heavy atom. The Morgan fingerprint density at radius 2 is 1.90 bits per heavy atom. The third-order valence-electron chi connectivity index (χ3n) is 2.56. The van der Waals surface area contributed by atoms with Crippen molar-refractivity contribution in [3.05, 3.63) is 23.2 Å². The molecule has 0 radical (unpaired) electrons. The van der Waals surface area contributed by atoms with E-state index in [0.717, 1.165) is 0 Å². The SMILES string of the molecule is CC(C)NC(=O)CN(C)CC(=O)Nc1ccc(Cl)c(N)c1. The normalized spacial score (nSPS) is 10.8. The maximum Gasteiger partial charge on any atom is 0.238 e. The number of carbonyl (C=O) groups excluding carboxylic acids is 2. The van der Waals surface area contributed by atoms with Crippen molar-refractivity contribution in [3.63, 3.8) is 0 Å². The summed E-state index contributed by atoms with van der Waals surface area (Å²) in [5.41, 5.74) is 6.64. The molecule has 0 fully saturated rings. The van der Waals surface area contributed by atoms with E-state index in [-0.39, 0.29) is 30.9 Å². The summed E-state index contributed by atoms with van der Waals surface area (Å²) in [5.74, 6) is -0.340. The molecule has 0 aliphatic carbocycles. The van der Waals surface area contributed by atoms with E-state index in [1.54, 1.807) is 30.1 Å². The fourth-order valence-corrected chi connectivity index (χ4v) is 1.85. The third-order valence-corrected chi connectivity index (χ3v) is 2.90. The Labute approximate surface area is 129 Å². The quantitative estimate of drug-likeness (QED) is 0.691. The van der Waals surface area contributed by atoms with Crippen LogP contribution in [0.4, 0.5) is 11.4 Å². The van der Waals surface area contributed by atoms with Gasteiger partial charge in [-0.2, -0.15) is 0 Å². The van der Waals surface area contributed by atoms with Gasteiger partial charge in [0, 0.05) is 11.7 Å². The number of benzene rings is 1. The molecule has 0 heterocycles. The second-order valence-electron chi connectivity index (χ2n) is 5.18. The molecule has 2 amide bonds. The first-order valence-electron chi connectivity index (χ1n) is 6.60. The molecule has 0 saturated heterocycles. The molecule has 21 heavy (non-hydrogen) atoms. The van der Waals surface area contributed by atoms with E-state index >= 15 is 0 Å². The fourth-order valence-electron chi connectivity index (χ4n) is 1.74. The predicted octanol–water partition coefficient (Wildman–Crippen LogP) is 1.32. The number of nitrogen functional groups attached to an aromatic ring is 1. The minimum Gasteiger partial charge on any atom is -0.397 e. The fraction of sp³-hybridized carbons (Fsp3) is 0.429. The topological polar surface area (TPSA) is 87.5 Å². The number of anilines is 2. The van der Waals surface area contributed by atoms with E-state index in [2.05, 4.69) is 10.6 Å². The lowest BCUT2D eigenvalue weighted by molar-refractivity contribution is -0.123. The standard InChI is InChI=1S/C14H21ClN4O2/c1-9(2)17-13(20)7-19(3)8-14(21)18-10-4-5-11(15)12(16)6-10/h4-6,9H,7-8,16H2,1-3H3,(H,17,20)(H,18,21). The highest BCUT2D eigenvalue weighted by atomic mass is 35.5.